The van der Waals surface area contributed by atoms with E-state index in [2.05, 4.69) is 15.4 Å². The molecule has 0 aliphatic heterocycles. The van der Waals surface area contributed by atoms with Crippen LogP contribution in [-0.4, -0.2) is 20.7 Å². The summed E-state index contributed by atoms with van der Waals surface area (Å²) in [6, 6.07) is 2.32. The van der Waals surface area contributed by atoms with Gasteiger partial charge in [-0.2, -0.15) is 0 Å². The lowest BCUT2D eigenvalue weighted by molar-refractivity contribution is -0.116. The predicted molar refractivity (Wildman–Crippen MR) is 71.4 cm³/mol. The fourth-order valence-corrected chi connectivity index (χ4v) is 2.12. The molecule has 2 heterocycles. The summed E-state index contributed by atoms with van der Waals surface area (Å²) in [6.45, 7) is 2.01. The van der Waals surface area contributed by atoms with Crippen LogP contribution < -0.4 is 16.4 Å². The first-order valence-electron chi connectivity index (χ1n) is 5.57. The van der Waals surface area contributed by atoms with Gasteiger partial charge in [-0.25, -0.2) is 9.67 Å². The lowest BCUT2D eigenvalue weighted by Crippen LogP contribution is -2.29. The summed E-state index contributed by atoms with van der Waals surface area (Å²) in [5.41, 5.74) is -0.729. The van der Waals surface area contributed by atoms with Crippen LogP contribution in [0.4, 0.5) is 5.13 Å². The molecule has 0 saturated carbocycles. The van der Waals surface area contributed by atoms with Crippen LogP contribution in [0.3, 0.4) is 0 Å². The van der Waals surface area contributed by atoms with Crippen molar-refractivity contribution in [2.45, 2.75) is 19.9 Å². The van der Waals surface area contributed by atoms with E-state index in [-0.39, 0.29) is 30.0 Å². The quantitative estimate of drug-likeness (QED) is 0.843. The number of nitrogens with one attached hydrogen (secondary N) is 2. The molecule has 2 rings (SSSR count). The van der Waals surface area contributed by atoms with E-state index in [0.29, 0.717) is 5.13 Å². The Kier molecular flexibility index (Phi) is 3.91. The highest BCUT2D eigenvalue weighted by Crippen LogP contribution is 2.16. The molecule has 0 aromatic carbocycles. The molecule has 2 aromatic rings. The van der Waals surface area contributed by atoms with Crippen molar-refractivity contribution in [3.63, 3.8) is 0 Å². The van der Waals surface area contributed by atoms with E-state index >= 15 is 0 Å². The number of aromatic amines is 1. The summed E-state index contributed by atoms with van der Waals surface area (Å²) < 4.78 is 1.11. The van der Waals surface area contributed by atoms with Gasteiger partial charge in [0, 0.05) is 29.6 Å². The van der Waals surface area contributed by atoms with Gasteiger partial charge in [-0.05, 0) is 6.92 Å². The van der Waals surface area contributed by atoms with Gasteiger partial charge in [0.05, 0.1) is 6.54 Å². The zero-order chi connectivity index (χ0) is 13.8. The Balaban J connectivity index is 1.95. The van der Waals surface area contributed by atoms with Gasteiger partial charge in [0.2, 0.25) is 5.91 Å². The number of thiazole rings is 1. The molecule has 0 atom stereocenters. The largest absolute Gasteiger partial charge is 0.302 e. The van der Waals surface area contributed by atoms with Crippen molar-refractivity contribution in [3.8, 4) is 0 Å². The van der Waals surface area contributed by atoms with Gasteiger partial charge in [-0.3, -0.25) is 19.5 Å². The molecule has 7 nitrogen and oxygen atoms in total. The molecular formula is C11H12N4O3S. The second-order valence-corrected chi connectivity index (χ2v) is 5.11. The SMILES string of the molecule is Cc1cnc(NC(=O)CCn2[nH]c(=O)ccc2=O)s1. The molecule has 0 saturated heterocycles. The fraction of sp³-hybridized carbons (Fsp3) is 0.273. The van der Waals surface area contributed by atoms with Crippen molar-refractivity contribution in [3.05, 3.63) is 43.9 Å². The van der Waals surface area contributed by atoms with Crippen molar-refractivity contribution in [2.24, 2.45) is 0 Å². The van der Waals surface area contributed by atoms with Crippen LogP contribution in [0.1, 0.15) is 11.3 Å². The predicted octanol–water partition coefficient (Wildman–Crippen LogP) is 0.330. The first-order valence-corrected chi connectivity index (χ1v) is 6.39. The molecule has 2 aromatic heterocycles. The number of carbonyl (C=O) groups excluding carboxylic acids is 1. The number of hydrogen-bond acceptors (Lipinski definition) is 5. The van der Waals surface area contributed by atoms with Crippen LogP contribution in [0.5, 0.6) is 0 Å². The van der Waals surface area contributed by atoms with Crippen molar-refractivity contribution in [2.75, 3.05) is 5.32 Å². The van der Waals surface area contributed by atoms with Gasteiger partial charge < -0.3 is 5.32 Å². The molecule has 19 heavy (non-hydrogen) atoms. The molecule has 0 radical (unpaired) electrons. The van der Waals surface area contributed by atoms with E-state index in [0.717, 1.165) is 15.6 Å². The molecular weight excluding hydrogens is 268 g/mol. The highest BCUT2D eigenvalue weighted by Gasteiger charge is 2.06. The van der Waals surface area contributed by atoms with Crippen LogP contribution in [0.25, 0.3) is 0 Å². The number of nitrogens with zero attached hydrogens (tertiary/aromatic N) is 2. The molecule has 100 valence electrons. The molecule has 0 aliphatic rings. The molecule has 0 aliphatic carbocycles. The van der Waals surface area contributed by atoms with E-state index in [1.807, 2.05) is 6.92 Å². The first kappa shape index (κ1) is 13.2. The normalized spacial score (nSPS) is 10.4. The van der Waals surface area contributed by atoms with Gasteiger partial charge >= 0.3 is 0 Å². The van der Waals surface area contributed by atoms with Crippen LogP contribution in [-0.2, 0) is 11.3 Å². The minimum Gasteiger partial charge on any atom is -0.302 e. The van der Waals surface area contributed by atoms with E-state index in [1.54, 1.807) is 6.20 Å². The number of carbonyl (C=O) groups is 1. The molecule has 0 fully saturated rings. The Morgan fingerprint density at radius 3 is 2.95 bits per heavy atom. The Bertz CT molecular complexity index is 700. The average molecular weight is 280 g/mol. The number of rotatable bonds is 4. The molecule has 0 bridgehead atoms. The van der Waals surface area contributed by atoms with E-state index in [4.69, 9.17) is 0 Å². The van der Waals surface area contributed by atoms with Crippen LogP contribution in [0.15, 0.2) is 27.9 Å². The highest BCUT2D eigenvalue weighted by molar-refractivity contribution is 7.15. The maximum atomic E-state index is 11.6. The Morgan fingerprint density at radius 1 is 1.47 bits per heavy atom. The molecule has 8 heteroatoms. The zero-order valence-electron chi connectivity index (χ0n) is 10.2. The third kappa shape index (κ3) is 3.62. The number of aromatic nitrogens is 3. The third-order valence-corrected chi connectivity index (χ3v) is 3.15. The maximum Gasteiger partial charge on any atom is 0.265 e. The summed E-state index contributed by atoms with van der Waals surface area (Å²) in [5, 5.41) is 5.51. The van der Waals surface area contributed by atoms with Crippen molar-refractivity contribution in [1.82, 2.24) is 14.8 Å². The van der Waals surface area contributed by atoms with Crippen LogP contribution in [0, 0.1) is 6.92 Å². The molecule has 0 spiro atoms. The van der Waals surface area contributed by atoms with E-state index in [1.165, 1.54) is 17.4 Å². The highest BCUT2D eigenvalue weighted by atomic mass is 32.1. The number of amides is 1. The number of H-pyrrole nitrogens is 1. The number of aryl methyl sites for hydroxylation is 2. The zero-order valence-corrected chi connectivity index (χ0v) is 11.0. The Morgan fingerprint density at radius 2 is 2.26 bits per heavy atom. The van der Waals surface area contributed by atoms with Gasteiger partial charge in [0.1, 0.15) is 0 Å². The standard InChI is InChI=1S/C11H12N4O3S/c1-7-6-12-11(19-7)13-8(16)4-5-15-10(18)3-2-9(17)14-15/h2-3,6H,4-5H2,1H3,(H,14,17)(H,12,13,16). The van der Waals surface area contributed by atoms with Gasteiger partial charge in [0.25, 0.3) is 11.1 Å². The minimum atomic E-state index is -0.379. The van der Waals surface area contributed by atoms with Gasteiger partial charge in [0.15, 0.2) is 5.13 Å². The van der Waals surface area contributed by atoms with Gasteiger partial charge in [-0.1, -0.05) is 0 Å². The van der Waals surface area contributed by atoms with Crippen LogP contribution in [0.2, 0.25) is 0 Å². The monoisotopic (exact) mass is 280 g/mol. The van der Waals surface area contributed by atoms with E-state index < -0.39 is 0 Å². The van der Waals surface area contributed by atoms with E-state index in [9.17, 15) is 14.4 Å². The maximum absolute atomic E-state index is 11.6. The van der Waals surface area contributed by atoms with Gasteiger partial charge in [-0.15, -0.1) is 11.3 Å². The molecule has 2 N–H and O–H groups in total. The second kappa shape index (κ2) is 5.61. The summed E-state index contributed by atoms with van der Waals surface area (Å²) in [6.07, 6.45) is 1.75. The Labute approximate surface area is 111 Å². The molecule has 0 unspecified atom stereocenters. The summed E-state index contributed by atoms with van der Waals surface area (Å²) in [7, 11) is 0. The fourth-order valence-electron chi connectivity index (χ4n) is 1.44. The lowest BCUT2D eigenvalue weighted by atomic mass is 10.4. The summed E-state index contributed by atoms with van der Waals surface area (Å²) in [5.74, 6) is -0.258. The number of anilines is 1. The Hall–Kier alpha value is -2.22. The first-order chi connectivity index (χ1) is 9.04. The lowest BCUT2D eigenvalue weighted by Gasteiger charge is -2.04. The topological polar surface area (TPSA) is 96.8 Å². The summed E-state index contributed by atoms with van der Waals surface area (Å²) in [4.78, 5) is 39.1. The smallest absolute Gasteiger partial charge is 0.265 e. The minimum absolute atomic E-state index is 0.0818. The second-order valence-electron chi connectivity index (χ2n) is 3.87. The number of hydrogen-bond donors (Lipinski definition) is 2. The summed E-state index contributed by atoms with van der Waals surface area (Å²) >= 11 is 1.37. The average Bonchev–Trinajstić information content (AvgIpc) is 2.76. The van der Waals surface area contributed by atoms with Crippen molar-refractivity contribution >= 4 is 22.4 Å². The van der Waals surface area contributed by atoms with Crippen molar-refractivity contribution in [1.29, 1.82) is 0 Å². The van der Waals surface area contributed by atoms with Crippen LogP contribution >= 0.6 is 11.3 Å². The third-order valence-electron chi connectivity index (χ3n) is 2.32. The van der Waals surface area contributed by atoms with Crippen molar-refractivity contribution < 1.29 is 4.79 Å². The molecule has 1 amide bonds.